The van der Waals surface area contributed by atoms with Crippen LogP contribution in [-0.2, 0) is 11.2 Å². The van der Waals surface area contributed by atoms with Crippen molar-refractivity contribution in [3.63, 3.8) is 0 Å². The molecule has 0 bridgehead atoms. The molecule has 1 aromatic heterocycles. The number of hydrogen-bond donors (Lipinski definition) is 3. The first-order chi connectivity index (χ1) is 19.2. The number of hydrogen-bond acceptors (Lipinski definition) is 6. The van der Waals surface area contributed by atoms with Gasteiger partial charge in [-0.25, -0.2) is 4.98 Å². The Morgan fingerprint density at radius 3 is 2.58 bits per heavy atom. The Morgan fingerprint density at radius 1 is 1.12 bits per heavy atom. The van der Waals surface area contributed by atoms with Crippen LogP contribution in [0.4, 0.5) is 5.69 Å². The summed E-state index contributed by atoms with van der Waals surface area (Å²) in [4.78, 5) is 31.9. The maximum absolute atomic E-state index is 13.2. The number of aliphatic hydroxyl groups is 1. The van der Waals surface area contributed by atoms with Crippen LogP contribution < -0.4 is 15.0 Å². The highest BCUT2D eigenvalue weighted by atomic mass is 16.5. The van der Waals surface area contributed by atoms with E-state index in [2.05, 4.69) is 44.5 Å². The van der Waals surface area contributed by atoms with Crippen LogP contribution in [0.3, 0.4) is 0 Å². The third-order valence-corrected chi connectivity index (χ3v) is 6.34. The molecular weight excluding hydrogens is 506 g/mol. The number of aromatic amines is 1. The van der Waals surface area contributed by atoms with Crippen LogP contribution in [0, 0.1) is 11.8 Å². The second-order valence-corrected chi connectivity index (χ2v) is 10.1. The second-order valence-electron chi connectivity index (χ2n) is 10.1. The molecule has 9 heteroatoms. The monoisotopic (exact) mass is 535 g/mol. The number of likely N-dealkylation sites (N-methyl/N-ethyl adjacent to an activating group) is 1. The standard InChI is InChI=1S/C31H29N5O4/c1-31(2,39)16-15-21-11-14-26-25(17-21)36(3)30(38)24(19-40-26)32-29(37)28-33-27(34-35-28)18-20-9-12-23(13-10-20)22-7-5-4-6-8-22/h4-14,17,24,39H,18-19H2,1-3H3,(H,32,37)(H,33,34,35). The molecule has 5 rings (SSSR count). The normalized spacial score (nSPS) is 14.8. The van der Waals surface area contributed by atoms with Crippen LogP contribution >= 0.6 is 0 Å². The smallest absolute Gasteiger partial charge is 0.291 e. The molecule has 2 heterocycles. The fourth-order valence-electron chi connectivity index (χ4n) is 4.24. The number of benzene rings is 3. The van der Waals surface area contributed by atoms with Crippen LogP contribution in [0.1, 0.15) is 41.4 Å². The average Bonchev–Trinajstić information content (AvgIpc) is 3.38. The van der Waals surface area contributed by atoms with Crippen molar-refractivity contribution < 1.29 is 19.4 Å². The quantitative estimate of drug-likeness (QED) is 0.337. The van der Waals surface area contributed by atoms with Crippen molar-refractivity contribution in [2.75, 3.05) is 18.6 Å². The van der Waals surface area contributed by atoms with E-state index in [4.69, 9.17) is 4.74 Å². The summed E-state index contributed by atoms with van der Waals surface area (Å²) in [5.74, 6) is 5.68. The van der Waals surface area contributed by atoms with Gasteiger partial charge in [0.25, 0.3) is 11.8 Å². The summed E-state index contributed by atoms with van der Waals surface area (Å²) in [7, 11) is 1.61. The number of anilines is 1. The minimum Gasteiger partial charge on any atom is -0.489 e. The van der Waals surface area contributed by atoms with Gasteiger partial charge < -0.3 is 20.1 Å². The lowest BCUT2D eigenvalue weighted by molar-refractivity contribution is -0.120. The Balaban J connectivity index is 1.23. The molecule has 1 atom stereocenters. The van der Waals surface area contributed by atoms with Crippen LogP contribution in [0.25, 0.3) is 11.1 Å². The fourth-order valence-corrected chi connectivity index (χ4v) is 4.24. The third-order valence-electron chi connectivity index (χ3n) is 6.34. The maximum Gasteiger partial charge on any atom is 0.291 e. The molecular formula is C31H29N5O4. The number of aromatic nitrogens is 3. The number of ether oxygens (including phenoxy) is 1. The van der Waals surface area contributed by atoms with Gasteiger partial charge in [0.15, 0.2) is 0 Å². The second kappa shape index (κ2) is 11.0. The minimum absolute atomic E-state index is 0.0539. The van der Waals surface area contributed by atoms with Crippen molar-refractivity contribution in [3.8, 4) is 28.7 Å². The summed E-state index contributed by atoms with van der Waals surface area (Å²) < 4.78 is 5.84. The Bertz CT molecular complexity index is 1590. The van der Waals surface area contributed by atoms with E-state index >= 15 is 0 Å². The predicted octanol–water partition coefficient (Wildman–Crippen LogP) is 3.34. The SMILES string of the molecule is CN1C(=O)C(NC(=O)c2n[nH]c(Cc3ccc(-c4ccccc4)cc3)n2)COc2ccc(C#CC(C)(C)O)cc21. The van der Waals surface area contributed by atoms with Gasteiger partial charge >= 0.3 is 0 Å². The Labute approximate surface area is 232 Å². The Hall–Kier alpha value is -4.94. The zero-order chi connectivity index (χ0) is 28.3. The van der Waals surface area contributed by atoms with E-state index in [1.807, 2.05) is 42.5 Å². The van der Waals surface area contributed by atoms with Gasteiger partial charge in [0, 0.05) is 19.0 Å². The van der Waals surface area contributed by atoms with Gasteiger partial charge in [0.2, 0.25) is 5.82 Å². The molecule has 1 aliphatic rings. The highest BCUT2D eigenvalue weighted by molar-refractivity contribution is 6.02. The number of nitrogens with one attached hydrogen (secondary N) is 2. The predicted molar refractivity (Wildman–Crippen MR) is 151 cm³/mol. The zero-order valence-electron chi connectivity index (χ0n) is 22.4. The molecule has 0 aliphatic carbocycles. The van der Waals surface area contributed by atoms with Crippen molar-refractivity contribution in [1.29, 1.82) is 0 Å². The highest BCUT2D eigenvalue weighted by Gasteiger charge is 2.31. The van der Waals surface area contributed by atoms with E-state index in [-0.39, 0.29) is 18.3 Å². The summed E-state index contributed by atoms with van der Waals surface area (Å²) >= 11 is 0. The summed E-state index contributed by atoms with van der Waals surface area (Å²) in [6.07, 6.45) is 0.470. The van der Waals surface area contributed by atoms with E-state index in [0.717, 1.165) is 16.7 Å². The summed E-state index contributed by atoms with van der Waals surface area (Å²) in [6, 6.07) is 22.5. The summed E-state index contributed by atoms with van der Waals surface area (Å²) in [5, 5.41) is 19.4. The number of H-pyrrole nitrogens is 1. The van der Waals surface area contributed by atoms with Crippen molar-refractivity contribution in [3.05, 3.63) is 95.6 Å². The van der Waals surface area contributed by atoms with Gasteiger partial charge in [0.05, 0.1) is 5.69 Å². The molecule has 0 saturated carbocycles. The van der Waals surface area contributed by atoms with E-state index in [1.165, 1.54) is 4.90 Å². The molecule has 1 aliphatic heterocycles. The number of carbonyl (C=O) groups is 2. The fraction of sp³-hybridized carbons (Fsp3) is 0.226. The number of rotatable bonds is 5. The largest absolute Gasteiger partial charge is 0.489 e. The molecule has 1 unspecified atom stereocenters. The first-order valence-electron chi connectivity index (χ1n) is 12.8. The first-order valence-corrected chi connectivity index (χ1v) is 12.8. The first kappa shape index (κ1) is 26.7. The van der Waals surface area contributed by atoms with Gasteiger partial charge in [-0.15, -0.1) is 5.10 Å². The molecule has 3 N–H and O–H groups in total. The van der Waals surface area contributed by atoms with Gasteiger partial charge in [-0.1, -0.05) is 66.4 Å². The van der Waals surface area contributed by atoms with Crippen molar-refractivity contribution in [2.24, 2.45) is 0 Å². The Kier molecular flexibility index (Phi) is 7.36. The molecule has 0 spiro atoms. The Morgan fingerprint density at radius 2 is 1.85 bits per heavy atom. The number of fused-ring (bicyclic) bond motifs is 1. The van der Waals surface area contributed by atoms with E-state index in [0.29, 0.717) is 29.2 Å². The molecule has 0 saturated heterocycles. The van der Waals surface area contributed by atoms with Gasteiger partial charge in [-0.3, -0.25) is 14.7 Å². The molecule has 2 amide bonds. The lowest BCUT2D eigenvalue weighted by atomic mass is 10.0. The lowest BCUT2D eigenvalue weighted by Crippen LogP contribution is -2.49. The molecule has 40 heavy (non-hydrogen) atoms. The third kappa shape index (κ3) is 6.20. The number of carbonyl (C=O) groups excluding carboxylic acids is 2. The van der Waals surface area contributed by atoms with Crippen LogP contribution in [0.15, 0.2) is 72.8 Å². The van der Waals surface area contributed by atoms with Crippen LogP contribution in [-0.4, -0.2) is 57.4 Å². The molecule has 0 fully saturated rings. The molecule has 9 nitrogen and oxygen atoms in total. The van der Waals surface area contributed by atoms with E-state index < -0.39 is 17.6 Å². The van der Waals surface area contributed by atoms with Gasteiger partial charge in [-0.05, 0) is 48.7 Å². The molecule has 3 aromatic carbocycles. The van der Waals surface area contributed by atoms with E-state index in [1.54, 1.807) is 39.1 Å². The topological polar surface area (TPSA) is 120 Å². The minimum atomic E-state index is -1.15. The molecule has 202 valence electrons. The number of nitrogens with zero attached hydrogens (tertiary/aromatic N) is 3. The van der Waals surface area contributed by atoms with Crippen LogP contribution in [0.5, 0.6) is 5.75 Å². The lowest BCUT2D eigenvalue weighted by Gasteiger charge is -2.20. The van der Waals surface area contributed by atoms with Crippen molar-refractivity contribution in [1.82, 2.24) is 20.5 Å². The molecule has 4 aromatic rings. The highest BCUT2D eigenvalue weighted by Crippen LogP contribution is 2.31. The van der Waals surface area contributed by atoms with Crippen molar-refractivity contribution >= 4 is 17.5 Å². The number of amides is 2. The zero-order valence-corrected chi connectivity index (χ0v) is 22.4. The summed E-state index contributed by atoms with van der Waals surface area (Å²) in [5.41, 5.74) is 3.26. The average molecular weight is 536 g/mol. The molecule has 0 radical (unpaired) electrons. The van der Waals surface area contributed by atoms with Crippen molar-refractivity contribution in [2.45, 2.75) is 31.9 Å². The van der Waals surface area contributed by atoms with Gasteiger partial charge in [0.1, 0.15) is 29.8 Å². The van der Waals surface area contributed by atoms with Crippen LogP contribution in [0.2, 0.25) is 0 Å². The van der Waals surface area contributed by atoms with E-state index in [9.17, 15) is 14.7 Å². The van der Waals surface area contributed by atoms with Gasteiger partial charge in [-0.2, -0.15) is 0 Å². The summed E-state index contributed by atoms with van der Waals surface area (Å²) in [6.45, 7) is 3.13. The maximum atomic E-state index is 13.2.